The van der Waals surface area contributed by atoms with E-state index in [9.17, 15) is 9.59 Å². The van der Waals surface area contributed by atoms with Crippen LogP contribution in [0.15, 0.2) is 24.3 Å². The molecular formula is C13H16INO3. The van der Waals surface area contributed by atoms with E-state index in [1.54, 1.807) is 13.8 Å². The summed E-state index contributed by atoms with van der Waals surface area (Å²) in [4.78, 5) is 22.7. The highest BCUT2D eigenvalue weighted by molar-refractivity contribution is 14.1. The number of benzene rings is 1. The van der Waals surface area contributed by atoms with Gasteiger partial charge < -0.3 is 10.4 Å². The second-order valence-corrected chi connectivity index (χ2v) is 5.68. The van der Waals surface area contributed by atoms with Gasteiger partial charge in [0.1, 0.15) is 6.04 Å². The lowest BCUT2D eigenvalue weighted by Crippen LogP contribution is -2.44. The summed E-state index contributed by atoms with van der Waals surface area (Å²) in [6.07, 6.45) is 0.202. The summed E-state index contributed by atoms with van der Waals surface area (Å²) in [7, 11) is 0. The molecule has 0 saturated heterocycles. The van der Waals surface area contributed by atoms with Crippen molar-refractivity contribution in [1.82, 2.24) is 5.32 Å². The number of nitrogens with one attached hydrogen (secondary N) is 1. The third-order valence-corrected chi connectivity index (χ3v) is 3.17. The normalized spacial score (nSPS) is 12.2. The molecule has 1 aromatic carbocycles. The maximum absolute atomic E-state index is 11.8. The Hall–Kier alpha value is -1.11. The van der Waals surface area contributed by atoms with Crippen LogP contribution in [0.3, 0.4) is 0 Å². The van der Waals surface area contributed by atoms with Crippen LogP contribution in [0.2, 0.25) is 0 Å². The van der Waals surface area contributed by atoms with Crippen LogP contribution < -0.4 is 5.32 Å². The molecule has 4 nitrogen and oxygen atoms in total. The van der Waals surface area contributed by atoms with Crippen molar-refractivity contribution in [1.29, 1.82) is 0 Å². The second-order valence-electron chi connectivity index (χ2n) is 4.43. The van der Waals surface area contributed by atoms with Gasteiger partial charge in [0.05, 0.1) is 6.42 Å². The Morgan fingerprint density at radius 3 is 2.56 bits per heavy atom. The van der Waals surface area contributed by atoms with Gasteiger partial charge in [0, 0.05) is 3.57 Å². The molecule has 0 bridgehead atoms. The van der Waals surface area contributed by atoms with Gasteiger partial charge in [0.2, 0.25) is 5.91 Å². The van der Waals surface area contributed by atoms with E-state index in [-0.39, 0.29) is 18.2 Å². The molecule has 18 heavy (non-hydrogen) atoms. The van der Waals surface area contributed by atoms with E-state index in [1.807, 2.05) is 24.3 Å². The summed E-state index contributed by atoms with van der Waals surface area (Å²) in [5.41, 5.74) is 0.882. The van der Waals surface area contributed by atoms with E-state index < -0.39 is 12.0 Å². The first kappa shape index (κ1) is 14.9. The van der Waals surface area contributed by atoms with Crippen molar-refractivity contribution in [3.63, 3.8) is 0 Å². The van der Waals surface area contributed by atoms with E-state index in [1.165, 1.54) is 0 Å². The Morgan fingerprint density at radius 1 is 1.39 bits per heavy atom. The fraction of sp³-hybridized carbons (Fsp3) is 0.385. The highest BCUT2D eigenvalue weighted by atomic mass is 127. The van der Waals surface area contributed by atoms with Crippen LogP contribution in [0.25, 0.3) is 0 Å². The van der Waals surface area contributed by atoms with Crippen molar-refractivity contribution in [3.05, 3.63) is 33.4 Å². The third kappa shape index (κ3) is 4.64. The Bertz CT molecular complexity index is 446. The van der Waals surface area contributed by atoms with Gasteiger partial charge >= 0.3 is 5.97 Å². The molecule has 1 atom stereocenters. The minimum Gasteiger partial charge on any atom is -0.480 e. The summed E-state index contributed by atoms with van der Waals surface area (Å²) in [6, 6.07) is 6.75. The summed E-state index contributed by atoms with van der Waals surface area (Å²) >= 11 is 2.17. The molecule has 1 unspecified atom stereocenters. The van der Waals surface area contributed by atoms with Crippen LogP contribution in [-0.4, -0.2) is 23.0 Å². The number of hydrogen-bond donors (Lipinski definition) is 2. The van der Waals surface area contributed by atoms with Gasteiger partial charge in [0.25, 0.3) is 0 Å². The number of carboxylic acid groups (broad SMARTS) is 1. The van der Waals surface area contributed by atoms with E-state index in [0.29, 0.717) is 0 Å². The van der Waals surface area contributed by atoms with Gasteiger partial charge in [0.15, 0.2) is 0 Å². The molecule has 1 rings (SSSR count). The largest absolute Gasteiger partial charge is 0.480 e. The first-order chi connectivity index (χ1) is 8.40. The third-order valence-electron chi connectivity index (χ3n) is 2.50. The van der Waals surface area contributed by atoms with E-state index in [2.05, 4.69) is 27.9 Å². The fourth-order valence-electron chi connectivity index (χ4n) is 1.57. The Labute approximate surface area is 120 Å². The molecule has 0 saturated carbocycles. The molecule has 2 N–H and O–H groups in total. The molecule has 0 aromatic heterocycles. The standard InChI is InChI=1S/C13H16INO3/c1-8(2)12(13(17)18)15-11(16)7-9-4-3-5-10(14)6-9/h3-6,8,12H,7H2,1-2H3,(H,15,16)(H,17,18). The molecule has 5 heteroatoms. The predicted molar refractivity (Wildman–Crippen MR) is 77.3 cm³/mol. The Kier molecular flexibility index (Phi) is 5.58. The fourth-order valence-corrected chi connectivity index (χ4v) is 2.18. The molecule has 0 fully saturated rings. The number of amides is 1. The zero-order valence-electron chi connectivity index (χ0n) is 10.3. The molecule has 0 aliphatic rings. The van der Waals surface area contributed by atoms with E-state index >= 15 is 0 Å². The number of carboxylic acids is 1. The van der Waals surface area contributed by atoms with Gasteiger partial charge in [-0.2, -0.15) is 0 Å². The van der Waals surface area contributed by atoms with Crippen molar-refractivity contribution in [2.75, 3.05) is 0 Å². The lowest BCUT2D eigenvalue weighted by Gasteiger charge is -2.17. The molecule has 98 valence electrons. The first-order valence-electron chi connectivity index (χ1n) is 5.66. The van der Waals surface area contributed by atoms with Crippen LogP contribution in [0, 0.1) is 9.49 Å². The number of hydrogen-bond acceptors (Lipinski definition) is 2. The summed E-state index contributed by atoms with van der Waals surface area (Å²) in [5.74, 6) is -1.40. The molecule has 0 aliphatic heterocycles. The van der Waals surface area contributed by atoms with Gasteiger partial charge in [-0.1, -0.05) is 26.0 Å². The molecule has 1 aromatic rings. The molecule has 0 radical (unpaired) electrons. The van der Waals surface area contributed by atoms with E-state index in [0.717, 1.165) is 9.13 Å². The minimum absolute atomic E-state index is 0.137. The summed E-state index contributed by atoms with van der Waals surface area (Å²) in [6.45, 7) is 3.54. The highest BCUT2D eigenvalue weighted by Crippen LogP contribution is 2.09. The van der Waals surface area contributed by atoms with Crippen molar-refractivity contribution in [2.24, 2.45) is 5.92 Å². The van der Waals surface area contributed by atoms with Gasteiger partial charge in [-0.15, -0.1) is 0 Å². The number of halogens is 1. The monoisotopic (exact) mass is 361 g/mol. The average molecular weight is 361 g/mol. The summed E-state index contributed by atoms with van der Waals surface area (Å²) < 4.78 is 1.05. The number of aliphatic carboxylic acids is 1. The molecule has 0 aliphatic carbocycles. The second kappa shape index (κ2) is 6.72. The Morgan fingerprint density at radius 2 is 2.06 bits per heavy atom. The lowest BCUT2D eigenvalue weighted by molar-refractivity contribution is -0.143. The van der Waals surface area contributed by atoms with Crippen LogP contribution in [-0.2, 0) is 16.0 Å². The van der Waals surface area contributed by atoms with E-state index in [4.69, 9.17) is 5.11 Å². The smallest absolute Gasteiger partial charge is 0.326 e. The molecule has 0 spiro atoms. The van der Waals surface area contributed by atoms with Crippen molar-refractivity contribution >= 4 is 34.5 Å². The highest BCUT2D eigenvalue weighted by Gasteiger charge is 2.23. The number of carbonyl (C=O) groups excluding carboxylic acids is 1. The van der Waals surface area contributed by atoms with Crippen molar-refractivity contribution in [3.8, 4) is 0 Å². The number of rotatable bonds is 5. The van der Waals surface area contributed by atoms with Gasteiger partial charge in [-0.3, -0.25) is 4.79 Å². The first-order valence-corrected chi connectivity index (χ1v) is 6.74. The molecule has 0 heterocycles. The number of carbonyl (C=O) groups is 2. The van der Waals surface area contributed by atoms with Crippen LogP contribution in [0.5, 0.6) is 0 Å². The summed E-state index contributed by atoms with van der Waals surface area (Å²) in [5, 5.41) is 11.5. The lowest BCUT2D eigenvalue weighted by atomic mass is 10.0. The molecular weight excluding hydrogens is 345 g/mol. The molecule has 1 amide bonds. The zero-order chi connectivity index (χ0) is 13.7. The SMILES string of the molecule is CC(C)C(NC(=O)Cc1cccc(I)c1)C(=O)O. The maximum Gasteiger partial charge on any atom is 0.326 e. The van der Waals surface area contributed by atoms with Crippen molar-refractivity contribution < 1.29 is 14.7 Å². The van der Waals surface area contributed by atoms with Crippen LogP contribution in [0.1, 0.15) is 19.4 Å². The van der Waals surface area contributed by atoms with Gasteiger partial charge in [-0.25, -0.2) is 4.79 Å². The van der Waals surface area contributed by atoms with Crippen LogP contribution in [0.4, 0.5) is 0 Å². The quantitative estimate of drug-likeness (QED) is 0.789. The predicted octanol–water partition coefficient (Wildman–Crippen LogP) is 2.06. The average Bonchev–Trinajstić information content (AvgIpc) is 2.25. The maximum atomic E-state index is 11.8. The van der Waals surface area contributed by atoms with Crippen LogP contribution >= 0.6 is 22.6 Å². The van der Waals surface area contributed by atoms with Gasteiger partial charge in [-0.05, 0) is 46.2 Å². The minimum atomic E-state index is -0.999. The zero-order valence-corrected chi connectivity index (χ0v) is 12.5. The topological polar surface area (TPSA) is 66.4 Å². The Balaban J connectivity index is 2.63. The van der Waals surface area contributed by atoms with Crippen molar-refractivity contribution in [2.45, 2.75) is 26.3 Å².